The van der Waals surface area contributed by atoms with Crippen LogP contribution < -0.4 is 10.6 Å². The zero-order valence-electron chi connectivity index (χ0n) is 14.7. The van der Waals surface area contributed by atoms with Gasteiger partial charge in [-0.2, -0.15) is 0 Å². The van der Waals surface area contributed by atoms with Crippen LogP contribution in [0.2, 0.25) is 0 Å². The van der Waals surface area contributed by atoms with Crippen molar-refractivity contribution in [2.24, 2.45) is 0 Å². The number of benzene rings is 1. The van der Waals surface area contributed by atoms with E-state index in [9.17, 15) is 4.79 Å². The summed E-state index contributed by atoms with van der Waals surface area (Å²) < 4.78 is 5.24. The van der Waals surface area contributed by atoms with Gasteiger partial charge < -0.3 is 10.1 Å². The third-order valence-corrected chi connectivity index (χ3v) is 4.05. The molecule has 4 heteroatoms. The van der Waals surface area contributed by atoms with Crippen molar-refractivity contribution in [2.75, 3.05) is 11.9 Å². The van der Waals surface area contributed by atoms with E-state index in [1.165, 1.54) is 37.7 Å². The normalized spacial score (nSPS) is 16.1. The smallest absolute Gasteiger partial charge is 0.412 e. The van der Waals surface area contributed by atoms with Crippen molar-refractivity contribution in [3.63, 3.8) is 0 Å². The standard InChI is InChI=1S/C19H30N2O2/c1-19(2,3)23-18(22)21-17-11-9-15(10-12-17)13-14-20-16-7-5-4-6-8-16/h9-12,16,20H,4-8,13-14H2,1-3H3,(H,21,22). The minimum absolute atomic E-state index is 0.413. The molecule has 0 heterocycles. The lowest BCUT2D eigenvalue weighted by Gasteiger charge is -2.22. The Balaban J connectivity index is 1.72. The highest BCUT2D eigenvalue weighted by Gasteiger charge is 2.16. The molecule has 1 aromatic carbocycles. The van der Waals surface area contributed by atoms with E-state index in [4.69, 9.17) is 4.74 Å². The number of anilines is 1. The van der Waals surface area contributed by atoms with Crippen LogP contribution in [0.1, 0.15) is 58.4 Å². The summed E-state index contributed by atoms with van der Waals surface area (Å²) in [5.74, 6) is 0. The SMILES string of the molecule is CC(C)(C)OC(=O)Nc1ccc(CCNC2CCCCC2)cc1. The predicted molar refractivity (Wildman–Crippen MR) is 94.9 cm³/mol. The van der Waals surface area contributed by atoms with Crippen LogP contribution >= 0.6 is 0 Å². The zero-order chi connectivity index (χ0) is 16.7. The summed E-state index contributed by atoms with van der Waals surface area (Å²) in [4.78, 5) is 11.7. The van der Waals surface area contributed by atoms with Gasteiger partial charge in [0.1, 0.15) is 5.60 Å². The van der Waals surface area contributed by atoms with Crippen molar-refractivity contribution >= 4 is 11.8 Å². The Kier molecular flexibility index (Phi) is 6.46. The average molecular weight is 318 g/mol. The molecule has 1 aliphatic carbocycles. The Labute approximate surface area is 140 Å². The third-order valence-electron chi connectivity index (χ3n) is 4.05. The minimum atomic E-state index is -0.477. The number of rotatable bonds is 5. The lowest BCUT2D eigenvalue weighted by atomic mass is 9.95. The average Bonchev–Trinajstić information content (AvgIpc) is 2.48. The first-order chi connectivity index (χ1) is 10.9. The van der Waals surface area contributed by atoms with E-state index in [0.29, 0.717) is 6.04 Å². The fourth-order valence-electron chi connectivity index (χ4n) is 2.90. The lowest BCUT2D eigenvalue weighted by Crippen LogP contribution is -2.32. The third kappa shape index (κ3) is 7.04. The quantitative estimate of drug-likeness (QED) is 0.840. The molecule has 1 amide bonds. The maximum Gasteiger partial charge on any atom is 0.412 e. The largest absolute Gasteiger partial charge is 0.444 e. The first-order valence-electron chi connectivity index (χ1n) is 8.75. The van der Waals surface area contributed by atoms with Crippen molar-refractivity contribution in [1.82, 2.24) is 5.32 Å². The summed E-state index contributed by atoms with van der Waals surface area (Å²) in [5.41, 5.74) is 1.57. The molecule has 0 atom stereocenters. The number of carbonyl (C=O) groups is 1. The molecule has 1 saturated carbocycles. The molecule has 128 valence electrons. The van der Waals surface area contributed by atoms with Crippen molar-refractivity contribution in [3.8, 4) is 0 Å². The van der Waals surface area contributed by atoms with Crippen LogP contribution in [0, 0.1) is 0 Å². The van der Waals surface area contributed by atoms with Crippen molar-refractivity contribution in [2.45, 2.75) is 70.9 Å². The topological polar surface area (TPSA) is 50.4 Å². The number of amides is 1. The van der Waals surface area contributed by atoms with Crippen molar-refractivity contribution < 1.29 is 9.53 Å². The summed E-state index contributed by atoms with van der Waals surface area (Å²) in [6.45, 7) is 6.59. The van der Waals surface area contributed by atoms with E-state index < -0.39 is 11.7 Å². The fraction of sp³-hybridized carbons (Fsp3) is 0.632. The molecule has 1 aromatic rings. The monoisotopic (exact) mass is 318 g/mol. The molecule has 2 rings (SSSR count). The van der Waals surface area contributed by atoms with Crippen LogP contribution in [-0.2, 0) is 11.2 Å². The van der Waals surface area contributed by atoms with E-state index in [2.05, 4.69) is 22.8 Å². The van der Waals surface area contributed by atoms with E-state index in [-0.39, 0.29) is 0 Å². The van der Waals surface area contributed by atoms with Crippen LogP contribution in [0.25, 0.3) is 0 Å². The number of carbonyl (C=O) groups excluding carboxylic acids is 1. The van der Waals surface area contributed by atoms with E-state index in [0.717, 1.165) is 18.7 Å². The molecule has 0 aliphatic heterocycles. The van der Waals surface area contributed by atoms with E-state index in [1.807, 2.05) is 32.9 Å². The maximum atomic E-state index is 11.7. The van der Waals surface area contributed by atoms with Gasteiger partial charge in [-0.05, 0) is 64.3 Å². The summed E-state index contributed by atoms with van der Waals surface area (Å²) in [5, 5.41) is 6.41. The summed E-state index contributed by atoms with van der Waals surface area (Å²) in [7, 11) is 0. The van der Waals surface area contributed by atoms with Gasteiger partial charge in [-0.15, -0.1) is 0 Å². The molecule has 1 fully saturated rings. The molecular weight excluding hydrogens is 288 g/mol. The number of nitrogens with one attached hydrogen (secondary N) is 2. The molecule has 0 spiro atoms. The van der Waals surface area contributed by atoms with Crippen molar-refractivity contribution in [1.29, 1.82) is 0 Å². The predicted octanol–water partition coefficient (Wildman–Crippen LogP) is 4.50. The Morgan fingerprint density at radius 1 is 1.13 bits per heavy atom. The van der Waals surface area contributed by atoms with Gasteiger partial charge >= 0.3 is 6.09 Å². The Morgan fingerprint density at radius 2 is 1.78 bits per heavy atom. The van der Waals surface area contributed by atoms with Gasteiger partial charge in [0.05, 0.1) is 0 Å². The van der Waals surface area contributed by atoms with Gasteiger partial charge in [0, 0.05) is 11.7 Å². The Hall–Kier alpha value is -1.55. The van der Waals surface area contributed by atoms with Gasteiger partial charge in [-0.1, -0.05) is 31.4 Å². The maximum absolute atomic E-state index is 11.7. The molecule has 2 N–H and O–H groups in total. The van der Waals surface area contributed by atoms with Gasteiger partial charge in [0.25, 0.3) is 0 Å². The van der Waals surface area contributed by atoms with E-state index in [1.54, 1.807) is 0 Å². The molecule has 1 aliphatic rings. The van der Waals surface area contributed by atoms with Crippen LogP contribution in [0.3, 0.4) is 0 Å². The van der Waals surface area contributed by atoms with Crippen LogP contribution in [0.5, 0.6) is 0 Å². The highest BCUT2D eigenvalue weighted by atomic mass is 16.6. The molecule has 0 saturated heterocycles. The second kappa shape index (κ2) is 8.34. The minimum Gasteiger partial charge on any atom is -0.444 e. The molecule has 0 aromatic heterocycles. The van der Waals surface area contributed by atoms with Crippen LogP contribution in [0.15, 0.2) is 24.3 Å². The summed E-state index contributed by atoms with van der Waals surface area (Å²) in [6.07, 6.45) is 7.36. The van der Waals surface area contributed by atoms with Crippen LogP contribution in [-0.4, -0.2) is 24.3 Å². The van der Waals surface area contributed by atoms with Crippen LogP contribution in [0.4, 0.5) is 10.5 Å². The van der Waals surface area contributed by atoms with E-state index >= 15 is 0 Å². The lowest BCUT2D eigenvalue weighted by molar-refractivity contribution is 0.0636. The van der Waals surface area contributed by atoms with Gasteiger partial charge in [-0.25, -0.2) is 4.79 Å². The fourth-order valence-corrected chi connectivity index (χ4v) is 2.90. The number of hydrogen-bond donors (Lipinski definition) is 2. The van der Waals surface area contributed by atoms with Gasteiger partial charge in [0.2, 0.25) is 0 Å². The number of hydrogen-bond acceptors (Lipinski definition) is 3. The van der Waals surface area contributed by atoms with Gasteiger partial charge in [-0.3, -0.25) is 5.32 Å². The molecule has 0 bridgehead atoms. The highest BCUT2D eigenvalue weighted by Crippen LogP contribution is 2.17. The second-order valence-electron chi connectivity index (χ2n) is 7.36. The Morgan fingerprint density at radius 3 is 2.39 bits per heavy atom. The highest BCUT2D eigenvalue weighted by molar-refractivity contribution is 5.84. The second-order valence-corrected chi connectivity index (χ2v) is 7.36. The molecule has 4 nitrogen and oxygen atoms in total. The molecular formula is C19H30N2O2. The molecule has 0 radical (unpaired) electrons. The first kappa shape index (κ1) is 17.8. The zero-order valence-corrected chi connectivity index (χ0v) is 14.7. The number of ether oxygens (including phenoxy) is 1. The summed E-state index contributed by atoms with van der Waals surface area (Å²) in [6, 6.07) is 8.70. The van der Waals surface area contributed by atoms with Crippen molar-refractivity contribution in [3.05, 3.63) is 29.8 Å². The molecule has 0 unspecified atom stereocenters. The Bertz CT molecular complexity index is 485. The summed E-state index contributed by atoms with van der Waals surface area (Å²) >= 11 is 0. The molecule has 23 heavy (non-hydrogen) atoms. The first-order valence-corrected chi connectivity index (χ1v) is 8.75. The van der Waals surface area contributed by atoms with Gasteiger partial charge in [0.15, 0.2) is 0 Å².